The lowest BCUT2D eigenvalue weighted by atomic mass is 10.0. The van der Waals surface area contributed by atoms with Gasteiger partial charge in [-0.25, -0.2) is 0 Å². The maximum absolute atomic E-state index is 12.3. The molecule has 0 bridgehead atoms. The lowest BCUT2D eigenvalue weighted by Crippen LogP contribution is -2.28. The molecule has 0 saturated carbocycles. The van der Waals surface area contributed by atoms with E-state index in [0.29, 0.717) is 30.5 Å². The highest BCUT2D eigenvalue weighted by Crippen LogP contribution is 2.28. The summed E-state index contributed by atoms with van der Waals surface area (Å²) >= 11 is 0. The van der Waals surface area contributed by atoms with Crippen LogP contribution in [0.4, 0.5) is 0 Å². The summed E-state index contributed by atoms with van der Waals surface area (Å²) in [5.74, 6) is 1.75. The number of carbonyl (C=O) groups excluding carboxylic acids is 1. The summed E-state index contributed by atoms with van der Waals surface area (Å²) in [6.45, 7) is 5.57. The van der Waals surface area contributed by atoms with Crippen LogP contribution in [0.5, 0.6) is 0 Å². The minimum Gasteiger partial charge on any atom is -0.342 e. The van der Waals surface area contributed by atoms with E-state index in [4.69, 9.17) is 4.52 Å². The molecule has 7 nitrogen and oxygen atoms in total. The molecule has 1 aliphatic heterocycles. The van der Waals surface area contributed by atoms with E-state index < -0.39 is 0 Å². The first-order valence-electron chi connectivity index (χ1n) is 7.76. The predicted molar refractivity (Wildman–Crippen MR) is 79.3 cm³/mol. The van der Waals surface area contributed by atoms with Gasteiger partial charge in [-0.15, -0.1) is 0 Å². The molecule has 22 heavy (non-hydrogen) atoms. The molecule has 118 valence electrons. The highest BCUT2D eigenvalue weighted by atomic mass is 16.5. The second-order valence-electron chi connectivity index (χ2n) is 5.75. The number of nitrogens with one attached hydrogen (secondary N) is 1. The largest absolute Gasteiger partial charge is 0.342 e. The van der Waals surface area contributed by atoms with Gasteiger partial charge in [0.1, 0.15) is 0 Å². The van der Waals surface area contributed by atoms with Gasteiger partial charge < -0.3 is 9.42 Å². The number of rotatable bonds is 5. The van der Waals surface area contributed by atoms with Crippen LogP contribution in [-0.4, -0.2) is 44.2 Å². The van der Waals surface area contributed by atoms with Crippen LogP contribution < -0.4 is 0 Å². The summed E-state index contributed by atoms with van der Waals surface area (Å²) in [5.41, 5.74) is 2.32. The van der Waals surface area contributed by atoms with Crippen molar-refractivity contribution in [1.29, 1.82) is 0 Å². The van der Waals surface area contributed by atoms with E-state index >= 15 is 0 Å². The molecule has 3 heterocycles. The summed E-state index contributed by atoms with van der Waals surface area (Å²) in [5, 5.41) is 11.0. The minimum absolute atomic E-state index is 0.149. The molecule has 2 aromatic heterocycles. The van der Waals surface area contributed by atoms with Gasteiger partial charge in [-0.3, -0.25) is 9.89 Å². The van der Waals surface area contributed by atoms with Crippen molar-refractivity contribution >= 4 is 5.91 Å². The lowest BCUT2D eigenvalue weighted by molar-refractivity contribution is -0.130. The molecule has 1 aliphatic rings. The van der Waals surface area contributed by atoms with Crippen LogP contribution >= 0.6 is 0 Å². The number of nitrogens with zero attached hydrogens (tertiary/aromatic N) is 4. The lowest BCUT2D eigenvalue weighted by Gasteiger charge is -2.16. The average molecular weight is 303 g/mol. The van der Waals surface area contributed by atoms with Gasteiger partial charge in [0.25, 0.3) is 0 Å². The Hall–Kier alpha value is -2.18. The number of aromatic amines is 1. The van der Waals surface area contributed by atoms with Crippen LogP contribution in [0.25, 0.3) is 0 Å². The number of hydrogen-bond donors (Lipinski definition) is 1. The fraction of sp³-hybridized carbons (Fsp3) is 0.600. The van der Waals surface area contributed by atoms with Crippen molar-refractivity contribution in [3.05, 3.63) is 29.2 Å². The number of aromatic nitrogens is 4. The number of hydrogen-bond acceptors (Lipinski definition) is 5. The summed E-state index contributed by atoms with van der Waals surface area (Å²) in [7, 11) is 0. The Bertz CT molecular complexity index is 648. The van der Waals surface area contributed by atoms with E-state index in [1.54, 1.807) is 0 Å². The van der Waals surface area contributed by atoms with E-state index in [1.165, 1.54) is 0 Å². The molecular formula is C15H21N5O2. The Balaban J connectivity index is 1.52. The zero-order valence-corrected chi connectivity index (χ0v) is 13.0. The normalized spacial score (nSPS) is 18.1. The smallest absolute Gasteiger partial charge is 0.227 e. The second kappa shape index (κ2) is 6.29. The molecule has 1 unspecified atom stereocenters. The third-order valence-corrected chi connectivity index (χ3v) is 4.20. The highest BCUT2D eigenvalue weighted by molar-refractivity contribution is 5.76. The van der Waals surface area contributed by atoms with E-state index in [1.807, 2.05) is 24.9 Å². The number of carbonyl (C=O) groups is 1. The molecule has 1 amide bonds. The van der Waals surface area contributed by atoms with Crippen LogP contribution in [-0.2, 0) is 17.6 Å². The Kier molecular flexibility index (Phi) is 4.22. The first-order valence-corrected chi connectivity index (χ1v) is 7.76. The second-order valence-corrected chi connectivity index (χ2v) is 5.75. The summed E-state index contributed by atoms with van der Waals surface area (Å²) in [6, 6.07) is 0. The predicted octanol–water partition coefficient (Wildman–Crippen LogP) is 1.61. The SMILES string of the molecule is CCc1noc(CCC(=O)N2CCC(c3[nH]ncc3C)C2)n1. The fourth-order valence-electron chi connectivity index (χ4n) is 2.90. The number of amides is 1. The van der Waals surface area contributed by atoms with E-state index in [-0.39, 0.29) is 5.91 Å². The monoisotopic (exact) mass is 303 g/mol. The first kappa shape index (κ1) is 14.7. The molecule has 1 saturated heterocycles. The Morgan fingerprint density at radius 1 is 1.55 bits per heavy atom. The molecule has 1 fully saturated rings. The zero-order valence-electron chi connectivity index (χ0n) is 13.0. The van der Waals surface area contributed by atoms with Crippen LogP contribution in [0.1, 0.15) is 48.7 Å². The molecule has 0 aromatic carbocycles. The average Bonchev–Trinajstić information content (AvgIpc) is 3.24. The van der Waals surface area contributed by atoms with Gasteiger partial charge in [-0.2, -0.15) is 10.1 Å². The summed E-state index contributed by atoms with van der Waals surface area (Å²) in [4.78, 5) is 18.5. The number of likely N-dealkylation sites (tertiary alicyclic amines) is 1. The molecule has 7 heteroatoms. The van der Waals surface area contributed by atoms with Crippen molar-refractivity contribution in [3.8, 4) is 0 Å². The Morgan fingerprint density at radius 2 is 2.41 bits per heavy atom. The van der Waals surface area contributed by atoms with Gasteiger partial charge in [-0.1, -0.05) is 12.1 Å². The van der Waals surface area contributed by atoms with Crippen molar-refractivity contribution in [2.24, 2.45) is 0 Å². The van der Waals surface area contributed by atoms with Gasteiger partial charge >= 0.3 is 0 Å². The van der Waals surface area contributed by atoms with Crippen molar-refractivity contribution in [2.45, 2.75) is 45.4 Å². The molecule has 2 aromatic rings. The maximum atomic E-state index is 12.3. The molecular weight excluding hydrogens is 282 g/mol. The molecule has 0 spiro atoms. The molecule has 0 radical (unpaired) electrons. The standard InChI is InChI=1S/C15H21N5O2/c1-3-12-17-13(22-19-12)4-5-14(21)20-7-6-11(9-20)15-10(2)8-16-18-15/h8,11H,3-7,9H2,1-2H3,(H,16,18). The third kappa shape index (κ3) is 3.03. The molecule has 1 atom stereocenters. The quantitative estimate of drug-likeness (QED) is 0.906. The number of aryl methyl sites for hydroxylation is 3. The van der Waals surface area contributed by atoms with E-state index in [0.717, 1.165) is 37.2 Å². The molecule has 1 N–H and O–H groups in total. The van der Waals surface area contributed by atoms with Crippen LogP contribution in [0.2, 0.25) is 0 Å². The molecule has 0 aliphatic carbocycles. The number of H-pyrrole nitrogens is 1. The Labute approximate surface area is 129 Å². The Morgan fingerprint density at radius 3 is 3.09 bits per heavy atom. The zero-order chi connectivity index (χ0) is 15.5. The van der Waals surface area contributed by atoms with Gasteiger partial charge in [0.2, 0.25) is 11.8 Å². The minimum atomic E-state index is 0.149. The molecule has 3 rings (SSSR count). The van der Waals surface area contributed by atoms with E-state index in [9.17, 15) is 4.79 Å². The van der Waals surface area contributed by atoms with Crippen LogP contribution in [0.3, 0.4) is 0 Å². The fourth-order valence-corrected chi connectivity index (χ4v) is 2.90. The maximum Gasteiger partial charge on any atom is 0.227 e. The van der Waals surface area contributed by atoms with Gasteiger partial charge in [0, 0.05) is 44.0 Å². The van der Waals surface area contributed by atoms with Crippen molar-refractivity contribution in [1.82, 2.24) is 25.2 Å². The van der Waals surface area contributed by atoms with Gasteiger partial charge in [-0.05, 0) is 18.9 Å². The van der Waals surface area contributed by atoms with Crippen molar-refractivity contribution in [3.63, 3.8) is 0 Å². The van der Waals surface area contributed by atoms with Crippen LogP contribution in [0.15, 0.2) is 10.7 Å². The van der Waals surface area contributed by atoms with Crippen molar-refractivity contribution < 1.29 is 9.32 Å². The van der Waals surface area contributed by atoms with Gasteiger partial charge in [0.05, 0.1) is 6.20 Å². The topological polar surface area (TPSA) is 87.9 Å². The first-order chi connectivity index (χ1) is 10.7. The van der Waals surface area contributed by atoms with Crippen molar-refractivity contribution in [2.75, 3.05) is 13.1 Å². The third-order valence-electron chi connectivity index (χ3n) is 4.20. The van der Waals surface area contributed by atoms with E-state index in [2.05, 4.69) is 20.3 Å². The highest BCUT2D eigenvalue weighted by Gasteiger charge is 2.29. The van der Waals surface area contributed by atoms with Gasteiger partial charge in [0.15, 0.2) is 5.82 Å². The summed E-state index contributed by atoms with van der Waals surface area (Å²) in [6.07, 6.45) is 4.49. The van der Waals surface area contributed by atoms with Crippen LogP contribution in [0, 0.1) is 6.92 Å². The summed E-state index contributed by atoms with van der Waals surface area (Å²) < 4.78 is 5.12.